The third-order valence-electron chi connectivity index (χ3n) is 5.93. The number of benzene rings is 5. The van der Waals surface area contributed by atoms with Crippen LogP contribution in [0.15, 0.2) is 105 Å². The highest BCUT2D eigenvalue weighted by atomic mass is 16.3. The highest BCUT2D eigenvalue weighted by Crippen LogP contribution is 2.39. The molecule has 0 aliphatic rings. The second-order valence-corrected chi connectivity index (χ2v) is 9.92. The SMILES string of the molecule is CCC.CCC.[B]N(C)c1ccc2ccc(N=Nc3cc(C)c(N=Nc4ccc5ccccc5c4)cc3O)c(O)c2c1. The van der Waals surface area contributed by atoms with Gasteiger partial charge in [-0.25, -0.2) is 0 Å². The molecule has 0 aliphatic heterocycles. The van der Waals surface area contributed by atoms with E-state index in [2.05, 4.69) is 48.2 Å². The van der Waals surface area contributed by atoms with Crippen LogP contribution in [0.1, 0.15) is 46.1 Å². The number of phenols is 2. The monoisotopic (exact) mass is 559 g/mol. The minimum atomic E-state index is -0.0934. The van der Waals surface area contributed by atoms with Gasteiger partial charge in [0.15, 0.2) is 5.75 Å². The third kappa shape index (κ3) is 8.16. The molecule has 42 heavy (non-hydrogen) atoms. The molecule has 0 saturated carbocycles. The Hall–Kier alpha value is -4.72. The lowest BCUT2D eigenvalue weighted by Gasteiger charge is -2.14. The van der Waals surface area contributed by atoms with E-state index in [0.29, 0.717) is 16.8 Å². The molecule has 0 heterocycles. The summed E-state index contributed by atoms with van der Waals surface area (Å²) in [4.78, 5) is 1.47. The number of aryl methyl sites for hydroxylation is 1. The lowest BCUT2D eigenvalue weighted by molar-refractivity contribution is 0.475. The number of aromatic hydroxyl groups is 2. The molecule has 5 rings (SSSR count). The number of anilines is 1. The molecular formula is C34H38BN5O2. The van der Waals surface area contributed by atoms with Crippen molar-refractivity contribution in [1.82, 2.24) is 0 Å². The standard InChI is InChI=1S/C28H22BN5O2.2C3H8/c1-17-13-26(33-31-24-12-9-19-8-11-22(34(2)29)15-23(19)28(24)36)27(35)16-25(17)32-30-21-10-7-18-5-3-4-6-20(18)14-21;2*1-3-2/h3-16,35-36H,1-2H3;2*3H2,1-2H3. The quantitative estimate of drug-likeness (QED) is 0.166. The predicted molar refractivity (Wildman–Crippen MR) is 177 cm³/mol. The fourth-order valence-electron chi connectivity index (χ4n) is 3.90. The number of hydrogen-bond donors (Lipinski definition) is 2. The smallest absolute Gasteiger partial charge is 0.226 e. The highest BCUT2D eigenvalue weighted by molar-refractivity contribution is 6.18. The van der Waals surface area contributed by atoms with Crippen molar-refractivity contribution in [3.8, 4) is 11.5 Å². The van der Waals surface area contributed by atoms with Gasteiger partial charge in [-0.2, -0.15) is 10.2 Å². The maximum Gasteiger partial charge on any atom is 0.226 e. The minimum Gasteiger partial charge on any atom is -0.506 e. The van der Waals surface area contributed by atoms with E-state index in [4.69, 9.17) is 7.98 Å². The Morgan fingerprint density at radius 3 is 1.93 bits per heavy atom. The van der Waals surface area contributed by atoms with Crippen molar-refractivity contribution in [2.45, 2.75) is 47.5 Å². The van der Waals surface area contributed by atoms with E-state index in [1.807, 2.05) is 67.6 Å². The molecule has 0 saturated heterocycles. The van der Waals surface area contributed by atoms with E-state index in [1.54, 1.807) is 25.2 Å². The Morgan fingerprint density at radius 2 is 1.24 bits per heavy atom. The largest absolute Gasteiger partial charge is 0.506 e. The van der Waals surface area contributed by atoms with Gasteiger partial charge < -0.3 is 15.0 Å². The van der Waals surface area contributed by atoms with Crippen LogP contribution in [0.4, 0.5) is 28.4 Å². The number of rotatable bonds is 5. The molecule has 5 aromatic rings. The van der Waals surface area contributed by atoms with Crippen LogP contribution in [0, 0.1) is 6.92 Å². The Bertz CT molecular complexity index is 1700. The first-order chi connectivity index (χ1) is 20.2. The summed E-state index contributed by atoms with van der Waals surface area (Å²) in [6.07, 6.45) is 2.50. The van der Waals surface area contributed by atoms with Crippen LogP contribution in [0.5, 0.6) is 11.5 Å². The maximum absolute atomic E-state index is 10.7. The van der Waals surface area contributed by atoms with Crippen molar-refractivity contribution in [2.75, 3.05) is 11.9 Å². The van der Waals surface area contributed by atoms with Gasteiger partial charge in [0, 0.05) is 17.1 Å². The van der Waals surface area contributed by atoms with Crippen LogP contribution in [0.3, 0.4) is 0 Å². The van der Waals surface area contributed by atoms with Gasteiger partial charge in [0.1, 0.15) is 17.1 Å². The van der Waals surface area contributed by atoms with E-state index < -0.39 is 0 Å². The van der Waals surface area contributed by atoms with Gasteiger partial charge in [-0.1, -0.05) is 83.0 Å². The zero-order valence-corrected chi connectivity index (χ0v) is 25.2. The van der Waals surface area contributed by atoms with Crippen LogP contribution in [0.25, 0.3) is 21.5 Å². The number of nitrogens with zero attached hydrogens (tertiary/aromatic N) is 5. The van der Waals surface area contributed by atoms with Crippen LogP contribution in [-0.2, 0) is 0 Å². The van der Waals surface area contributed by atoms with Crippen molar-refractivity contribution in [1.29, 1.82) is 0 Å². The molecule has 0 atom stereocenters. The molecular weight excluding hydrogens is 521 g/mol. The van der Waals surface area contributed by atoms with Crippen molar-refractivity contribution in [2.24, 2.45) is 20.5 Å². The van der Waals surface area contributed by atoms with Crippen molar-refractivity contribution in [3.63, 3.8) is 0 Å². The van der Waals surface area contributed by atoms with E-state index >= 15 is 0 Å². The van der Waals surface area contributed by atoms with Gasteiger partial charge in [0.2, 0.25) is 7.98 Å². The average Bonchev–Trinajstić information content (AvgIpc) is 2.98. The zero-order chi connectivity index (χ0) is 30.6. The molecule has 7 nitrogen and oxygen atoms in total. The average molecular weight is 560 g/mol. The Morgan fingerprint density at radius 1 is 0.643 bits per heavy atom. The summed E-state index contributed by atoms with van der Waals surface area (Å²) in [5.74, 6) is -0.110. The topological polar surface area (TPSA) is 93.1 Å². The Balaban J connectivity index is 0.000000745. The van der Waals surface area contributed by atoms with Gasteiger partial charge in [-0.3, -0.25) is 0 Å². The summed E-state index contributed by atoms with van der Waals surface area (Å²) in [6, 6.07) is 26.1. The first-order valence-corrected chi connectivity index (χ1v) is 14.1. The predicted octanol–water partition coefficient (Wildman–Crippen LogP) is 10.9. The molecule has 0 amide bonds. The molecule has 0 unspecified atom stereocenters. The van der Waals surface area contributed by atoms with Gasteiger partial charge in [0.05, 0.1) is 11.4 Å². The van der Waals surface area contributed by atoms with Crippen LogP contribution in [0.2, 0.25) is 0 Å². The van der Waals surface area contributed by atoms with Crippen molar-refractivity contribution < 1.29 is 10.2 Å². The van der Waals surface area contributed by atoms with Gasteiger partial charge in [-0.15, -0.1) is 10.2 Å². The third-order valence-corrected chi connectivity index (χ3v) is 5.93. The molecule has 8 heteroatoms. The fraction of sp³-hybridized carbons (Fsp3) is 0.235. The lowest BCUT2D eigenvalue weighted by Crippen LogP contribution is -2.10. The maximum atomic E-state index is 10.7. The van der Waals surface area contributed by atoms with E-state index in [-0.39, 0.29) is 22.9 Å². The molecule has 0 fully saturated rings. The summed E-state index contributed by atoms with van der Waals surface area (Å²) in [6.45, 7) is 10.4. The second-order valence-electron chi connectivity index (χ2n) is 9.92. The van der Waals surface area contributed by atoms with Crippen LogP contribution < -0.4 is 4.81 Å². The van der Waals surface area contributed by atoms with Crippen molar-refractivity contribution >= 4 is 58.0 Å². The molecule has 0 aromatic heterocycles. The van der Waals surface area contributed by atoms with Gasteiger partial charge in [-0.05, 0) is 72.1 Å². The molecule has 2 radical (unpaired) electrons. The molecule has 2 N–H and O–H groups in total. The van der Waals surface area contributed by atoms with Crippen LogP contribution >= 0.6 is 0 Å². The summed E-state index contributed by atoms with van der Waals surface area (Å²) in [5, 5.41) is 41.9. The van der Waals surface area contributed by atoms with Gasteiger partial charge in [0.25, 0.3) is 0 Å². The summed E-state index contributed by atoms with van der Waals surface area (Å²) in [7, 11) is 7.53. The molecule has 0 spiro atoms. The fourth-order valence-corrected chi connectivity index (χ4v) is 3.90. The molecule has 214 valence electrons. The summed E-state index contributed by atoms with van der Waals surface area (Å²) < 4.78 is 0. The number of phenolic OH excluding ortho intramolecular Hbond substituents is 2. The summed E-state index contributed by atoms with van der Waals surface area (Å²) in [5.41, 5.74) is 3.28. The van der Waals surface area contributed by atoms with E-state index in [9.17, 15) is 10.2 Å². The zero-order valence-electron chi connectivity index (χ0n) is 25.2. The Kier molecular flexibility index (Phi) is 11.6. The Labute approximate surface area is 249 Å². The molecule has 5 aromatic carbocycles. The summed E-state index contributed by atoms with van der Waals surface area (Å²) >= 11 is 0. The first-order valence-electron chi connectivity index (χ1n) is 14.1. The minimum absolute atomic E-state index is 0.0167. The van der Waals surface area contributed by atoms with Crippen LogP contribution in [-0.4, -0.2) is 25.2 Å². The number of hydrogen-bond acceptors (Lipinski definition) is 7. The normalized spacial score (nSPS) is 10.9. The lowest BCUT2D eigenvalue weighted by atomic mass is 10.1. The van der Waals surface area contributed by atoms with Crippen molar-refractivity contribution in [3.05, 3.63) is 90.5 Å². The number of azo groups is 2. The number of fused-ring (bicyclic) bond motifs is 2. The molecule has 0 bridgehead atoms. The second kappa shape index (κ2) is 15.3. The van der Waals surface area contributed by atoms with E-state index in [1.165, 1.54) is 23.7 Å². The van der Waals surface area contributed by atoms with E-state index in [0.717, 1.165) is 27.4 Å². The first kappa shape index (κ1) is 31.8. The molecule has 0 aliphatic carbocycles. The van der Waals surface area contributed by atoms with Gasteiger partial charge >= 0.3 is 0 Å². The highest BCUT2D eigenvalue weighted by Gasteiger charge is 2.10.